The minimum atomic E-state index is -0.504. The number of fused-ring (bicyclic) bond motifs is 1. The Hall–Kier alpha value is -2.96. The lowest BCUT2D eigenvalue weighted by Gasteiger charge is -2.31. The summed E-state index contributed by atoms with van der Waals surface area (Å²) < 4.78 is 15.9. The van der Waals surface area contributed by atoms with Gasteiger partial charge in [-0.2, -0.15) is 0 Å². The Balaban J connectivity index is 1.54. The van der Waals surface area contributed by atoms with Gasteiger partial charge in [-0.25, -0.2) is 9.37 Å². The predicted octanol–water partition coefficient (Wildman–Crippen LogP) is 2.90. The lowest BCUT2D eigenvalue weighted by atomic mass is 9.95. The molecule has 6 nitrogen and oxygen atoms in total. The zero-order valence-corrected chi connectivity index (χ0v) is 15.1. The van der Waals surface area contributed by atoms with E-state index in [2.05, 4.69) is 21.5 Å². The van der Waals surface area contributed by atoms with Crippen molar-refractivity contribution in [2.75, 3.05) is 13.1 Å². The number of amides is 1. The van der Waals surface area contributed by atoms with Crippen LogP contribution in [-0.2, 0) is 6.54 Å². The number of likely N-dealkylation sites (tertiary alicyclic amines) is 1. The van der Waals surface area contributed by atoms with E-state index < -0.39 is 11.2 Å². The molecule has 1 saturated heterocycles. The van der Waals surface area contributed by atoms with Gasteiger partial charge in [-0.1, -0.05) is 6.07 Å². The summed E-state index contributed by atoms with van der Waals surface area (Å²) in [4.78, 5) is 34.4. The monoisotopic (exact) mass is 368 g/mol. The first-order valence-corrected chi connectivity index (χ1v) is 9.20. The number of pyridine rings is 1. The van der Waals surface area contributed by atoms with Crippen molar-refractivity contribution in [1.29, 1.82) is 0 Å². The predicted molar refractivity (Wildman–Crippen MR) is 100 cm³/mol. The Kier molecular flexibility index (Phi) is 4.51. The number of carbonyl (C=O) groups excluding carboxylic acids is 1. The van der Waals surface area contributed by atoms with Gasteiger partial charge in [0, 0.05) is 49.5 Å². The summed E-state index contributed by atoms with van der Waals surface area (Å²) in [5.41, 5.74) is -0.248. The van der Waals surface area contributed by atoms with E-state index in [1.807, 2.05) is 12.4 Å². The Labute approximate surface area is 155 Å². The molecule has 27 heavy (non-hydrogen) atoms. The molecule has 1 amide bonds. The summed E-state index contributed by atoms with van der Waals surface area (Å²) in [6.07, 6.45) is 6.72. The molecule has 0 saturated carbocycles. The summed E-state index contributed by atoms with van der Waals surface area (Å²) in [7, 11) is 0. The van der Waals surface area contributed by atoms with Gasteiger partial charge in [0.15, 0.2) is 0 Å². The minimum absolute atomic E-state index is 0.0570. The topological polar surface area (TPSA) is 71.0 Å². The maximum absolute atomic E-state index is 13.8. The Morgan fingerprint density at radius 2 is 2.11 bits per heavy atom. The molecule has 1 N–H and O–H groups in total. The average Bonchev–Trinajstić information content (AvgIpc) is 3.17. The number of carbonyl (C=O) groups is 1. The van der Waals surface area contributed by atoms with Crippen LogP contribution in [-0.4, -0.2) is 38.4 Å². The number of nitrogens with zero attached hydrogens (tertiary/aromatic N) is 3. The summed E-state index contributed by atoms with van der Waals surface area (Å²) in [6, 6.07) is 4.29. The van der Waals surface area contributed by atoms with E-state index in [9.17, 15) is 14.0 Å². The molecule has 140 valence electrons. The smallest absolute Gasteiger partial charge is 0.259 e. The maximum atomic E-state index is 13.8. The van der Waals surface area contributed by atoms with Crippen molar-refractivity contribution < 1.29 is 9.18 Å². The van der Waals surface area contributed by atoms with Gasteiger partial charge in [0.25, 0.3) is 5.91 Å². The van der Waals surface area contributed by atoms with E-state index in [0.717, 1.165) is 25.2 Å². The first kappa shape index (κ1) is 17.5. The van der Waals surface area contributed by atoms with E-state index >= 15 is 0 Å². The molecule has 0 atom stereocenters. The number of aromatic nitrogens is 3. The molecule has 4 rings (SSSR count). The molecule has 1 aromatic carbocycles. The van der Waals surface area contributed by atoms with Crippen molar-refractivity contribution in [2.24, 2.45) is 0 Å². The van der Waals surface area contributed by atoms with Crippen LogP contribution in [0.25, 0.3) is 10.9 Å². The molecular weight excluding hydrogens is 347 g/mol. The number of rotatable bonds is 3. The van der Waals surface area contributed by atoms with Crippen LogP contribution in [0.2, 0.25) is 0 Å². The zero-order chi connectivity index (χ0) is 19.0. The molecule has 3 heterocycles. The number of halogens is 1. The number of benzene rings is 1. The Morgan fingerprint density at radius 1 is 1.33 bits per heavy atom. The first-order chi connectivity index (χ1) is 13.1. The number of nitrogens with one attached hydrogen (secondary N) is 1. The van der Waals surface area contributed by atoms with Gasteiger partial charge in [0.2, 0.25) is 5.43 Å². The molecule has 0 unspecified atom stereocenters. The van der Waals surface area contributed by atoms with Crippen LogP contribution in [0.1, 0.15) is 41.9 Å². The van der Waals surface area contributed by atoms with E-state index in [-0.39, 0.29) is 22.4 Å². The molecule has 0 spiro atoms. The SMILES string of the molecule is CCn1ccnc1C1CCN(C(=O)c2c[nH]c3c(F)cccc3c2=O)CC1. The first-order valence-electron chi connectivity index (χ1n) is 9.20. The number of aryl methyl sites for hydroxylation is 1. The molecule has 3 aromatic rings. The average molecular weight is 368 g/mol. The molecule has 0 aliphatic carbocycles. The van der Waals surface area contributed by atoms with Crippen LogP contribution in [0.3, 0.4) is 0 Å². The number of H-pyrrole nitrogens is 1. The van der Waals surface area contributed by atoms with Crippen molar-refractivity contribution in [3.05, 3.63) is 64.2 Å². The highest BCUT2D eigenvalue weighted by Crippen LogP contribution is 2.27. The molecule has 1 aliphatic heterocycles. The quantitative estimate of drug-likeness (QED) is 0.773. The van der Waals surface area contributed by atoms with Crippen molar-refractivity contribution >= 4 is 16.8 Å². The van der Waals surface area contributed by atoms with Gasteiger partial charge in [0.1, 0.15) is 17.2 Å². The number of hydrogen-bond donors (Lipinski definition) is 1. The number of piperidine rings is 1. The van der Waals surface area contributed by atoms with Gasteiger partial charge in [0.05, 0.1) is 5.52 Å². The second-order valence-corrected chi connectivity index (χ2v) is 6.83. The zero-order valence-electron chi connectivity index (χ0n) is 15.1. The van der Waals surface area contributed by atoms with Gasteiger partial charge in [-0.3, -0.25) is 9.59 Å². The molecule has 1 fully saturated rings. The third kappa shape index (κ3) is 3.03. The van der Waals surface area contributed by atoms with E-state index in [0.29, 0.717) is 19.0 Å². The van der Waals surface area contributed by atoms with Crippen LogP contribution in [0.5, 0.6) is 0 Å². The molecule has 0 bridgehead atoms. The molecule has 7 heteroatoms. The third-order valence-electron chi connectivity index (χ3n) is 5.33. The molecule has 1 aliphatic rings. The van der Waals surface area contributed by atoms with E-state index in [1.165, 1.54) is 24.4 Å². The van der Waals surface area contributed by atoms with Crippen LogP contribution < -0.4 is 5.43 Å². The van der Waals surface area contributed by atoms with Gasteiger partial charge in [-0.05, 0) is 31.9 Å². The standard InChI is InChI=1S/C20H21FN4O2/c1-2-24-11-8-22-19(24)13-6-9-25(10-7-13)20(27)15-12-23-17-14(18(15)26)4-3-5-16(17)21/h3-5,8,11-13H,2,6-7,9-10H2,1H3,(H,23,26). The number of para-hydroxylation sites is 1. The highest BCUT2D eigenvalue weighted by molar-refractivity contribution is 5.97. The highest BCUT2D eigenvalue weighted by atomic mass is 19.1. The lowest BCUT2D eigenvalue weighted by Crippen LogP contribution is -2.40. The minimum Gasteiger partial charge on any atom is -0.358 e. The third-order valence-corrected chi connectivity index (χ3v) is 5.33. The fourth-order valence-electron chi connectivity index (χ4n) is 3.83. The number of hydrogen-bond acceptors (Lipinski definition) is 3. The highest BCUT2D eigenvalue weighted by Gasteiger charge is 2.28. The second-order valence-electron chi connectivity index (χ2n) is 6.83. The van der Waals surface area contributed by atoms with Gasteiger partial charge in [-0.15, -0.1) is 0 Å². The second kappa shape index (κ2) is 6.98. The van der Waals surface area contributed by atoms with Crippen LogP contribution in [0, 0.1) is 5.82 Å². The van der Waals surface area contributed by atoms with Crippen molar-refractivity contribution in [2.45, 2.75) is 32.2 Å². The van der Waals surface area contributed by atoms with Gasteiger partial charge < -0.3 is 14.5 Å². The lowest BCUT2D eigenvalue weighted by molar-refractivity contribution is 0.0709. The normalized spacial score (nSPS) is 15.4. The largest absolute Gasteiger partial charge is 0.358 e. The Bertz CT molecular complexity index is 1050. The Morgan fingerprint density at radius 3 is 2.85 bits per heavy atom. The van der Waals surface area contributed by atoms with Crippen LogP contribution >= 0.6 is 0 Å². The summed E-state index contributed by atoms with van der Waals surface area (Å²) >= 11 is 0. The van der Waals surface area contributed by atoms with Crippen molar-refractivity contribution in [3.63, 3.8) is 0 Å². The maximum Gasteiger partial charge on any atom is 0.259 e. The van der Waals surface area contributed by atoms with Crippen molar-refractivity contribution in [3.8, 4) is 0 Å². The van der Waals surface area contributed by atoms with E-state index in [1.54, 1.807) is 4.90 Å². The molecule has 2 aromatic heterocycles. The fourth-order valence-corrected chi connectivity index (χ4v) is 3.83. The summed E-state index contributed by atoms with van der Waals surface area (Å²) in [6.45, 7) is 4.09. The van der Waals surface area contributed by atoms with Crippen LogP contribution in [0.15, 0.2) is 41.6 Å². The van der Waals surface area contributed by atoms with Crippen LogP contribution in [0.4, 0.5) is 4.39 Å². The molecule has 0 radical (unpaired) electrons. The summed E-state index contributed by atoms with van der Waals surface area (Å²) in [5, 5.41) is 0.195. The van der Waals surface area contributed by atoms with E-state index in [4.69, 9.17) is 0 Å². The fraction of sp³-hybridized carbons (Fsp3) is 0.350. The summed E-state index contributed by atoms with van der Waals surface area (Å²) in [5.74, 6) is 0.562. The number of imidazole rings is 1. The molecular formula is C20H21FN4O2. The van der Waals surface area contributed by atoms with Gasteiger partial charge >= 0.3 is 0 Å². The number of aromatic amines is 1. The van der Waals surface area contributed by atoms with Crippen molar-refractivity contribution in [1.82, 2.24) is 19.4 Å².